The van der Waals surface area contributed by atoms with Crippen molar-refractivity contribution < 1.29 is 9.90 Å². The Kier molecular flexibility index (Phi) is 5.36. The number of amides is 1. The summed E-state index contributed by atoms with van der Waals surface area (Å²) in [5, 5.41) is 8.96. The molecule has 5 heteroatoms. The number of aliphatic hydroxyl groups is 1. The van der Waals surface area contributed by atoms with E-state index in [2.05, 4.69) is 20.8 Å². The minimum Gasteiger partial charge on any atom is -0.395 e. The molecule has 0 spiro atoms. The highest BCUT2D eigenvalue weighted by Gasteiger charge is 2.19. The third-order valence-corrected chi connectivity index (χ3v) is 3.91. The van der Waals surface area contributed by atoms with Crippen LogP contribution in [0.3, 0.4) is 0 Å². The molecule has 1 aromatic carbocycles. The van der Waals surface area contributed by atoms with Crippen molar-refractivity contribution in [2.45, 2.75) is 6.42 Å². The molecule has 1 N–H and O–H groups in total. The Labute approximate surface area is 122 Å². The molecule has 1 aromatic rings. The molecule has 0 saturated carbocycles. The molecule has 0 atom stereocenters. The molecule has 1 saturated heterocycles. The number of hydrogen-bond acceptors (Lipinski definition) is 3. The van der Waals surface area contributed by atoms with Gasteiger partial charge >= 0.3 is 0 Å². The zero-order valence-electron chi connectivity index (χ0n) is 10.9. The van der Waals surface area contributed by atoms with Gasteiger partial charge < -0.3 is 10.0 Å². The summed E-state index contributed by atoms with van der Waals surface area (Å²) >= 11 is 3.37. The fourth-order valence-corrected chi connectivity index (χ4v) is 2.58. The fourth-order valence-electron chi connectivity index (χ4n) is 2.31. The van der Waals surface area contributed by atoms with Gasteiger partial charge in [-0.2, -0.15) is 0 Å². The summed E-state index contributed by atoms with van der Waals surface area (Å²) in [6.07, 6.45) is 0.961. The topological polar surface area (TPSA) is 43.8 Å². The van der Waals surface area contributed by atoms with Crippen LogP contribution in [0.4, 0.5) is 0 Å². The Morgan fingerprint density at radius 3 is 2.58 bits per heavy atom. The maximum Gasteiger partial charge on any atom is 0.253 e. The van der Waals surface area contributed by atoms with Gasteiger partial charge in [-0.25, -0.2) is 0 Å². The van der Waals surface area contributed by atoms with Crippen molar-refractivity contribution in [2.24, 2.45) is 0 Å². The van der Waals surface area contributed by atoms with Gasteiger partial charge in [0, 0.05) is 36.2 Å². The second-order valence-electron chi connectivity index (χ2n) is 4.72. The third-order valence-electron chi connectivity index (χ3n) is 3.38. The average molecular weight is 327 g/mol. The Hall–Kier alpha value is -0.910. The van der Waals surface area contributed by atoms with Crippen LogP contribution in [0.1, 0.15) is 16.8 Å². The molecular formula is C14H19BrN2O2. The van der Waals surface area contributed by atoms with Crippen LogP contribution >= 0.6 is 15.9 Å². The largest absolute Gasteiger partial charge is 0.395 e. The van der Waals surface area contributed by atoms with Gasteiger partial charge in [0.15, 0.2) is 0 Å². The number of rotatable bonds is 3. The minimum atomic E-state index is 0.0957. The van der Waals surface area contributed by atoms with Crippen molar-refractivity contribution in [1.29, 1.82) is 0 Å². The van der Waals surface area contributed by atoms with Gasteiger partial charge in [0.25, 0.3) is 5.91 Å². The zero-order valence-corrected chi connectivity index (χ0v) is 12.5. The van der Waals surface area contributed by atoms with Gasteiger partial charge in [0.05, 0.1) is 6.61 Å². The Balaban J connectivity index is 1.98. The monoisotopic (exact) mass is 326 g/mol. The highest BCUT2D eigenvalue weighted by Crippen LogP contribution is 2.13. The van der Waals surface area contributed by atoms with Crippen LogP contribution in [0.5, 0.6) is 0 Å². The number of nitrogens with zero attached hydrogens (tertiary/aromatic N) is 2. The predicted molar refractivity (Wildman–Crippen MR) is 78.2 cm³/mol. The van der Waals surface area contributed by atoms with Crippen molar-refractivity contribution in [2.75, 3.05) is 39.3 Å². The predicted octanol–water partition coefficient (Wildman–Crippen LogP) is 1.59. The van der Waals surface area contributed by atoms with Gasteiger partial charge in [0.2, 0.25) is 0 Å². The zero-order chi connectivity index (χ0) is 13.7. The van der Waals surface area contributed by atoms with E-state index in [9.17, 15) is 4.79 Å². The molecule has 0 unspecified atom stereocenters. The number of β-amino-alcohol motifs (C(OH)–C–C–N with tert-alkyl or cyclic N) is 1. The van der Waals surface area contributed by atoms with E-state index in [1.165, 1.54) is 0 Å². The summed E-state index contributed by atoms with van der Waals surface area (Å²) in [5.41, 5.74) is 0.735. The number of carbonyl (C=O) groups excluding carboxylic acids is 1. The second-order valence-corrected chi connectivity index (χ2v) is 5.63. The van der Waals surface area contributed by atoms with Crippen molar-refractivity contribution in [3.8, 4) is 0 Å². The number of aliphatic hydroxyl groups excluding tert-OH is 1. The van der Waals surface area contributed by atoms with Gasteiger partial charge in [-0.15, -0.1) is 0 Å². The second kappa shape index (κ2) is 7.03. The van der Waals surface area contributed by atoms with Crippen LogP contribution in [0.15, 0.2) is 28.7 Å². The SMILES string of the molecule is O=C(c1ccc(Br)cc1)N1CCCN(CCO)CC1. The summed E-state index contributed by atoms with van der Waals surface area (Å²) in [6.45, 7) is 4.18. The van der Waals surface area contributed by atoms with Crippen LogP contribution in [0, 0.1) is 0 Å². The van der Waals surface area contributed by atoms with Crippen LogP contribution in [-0.2, 0) is 0 Å². The van der Waals surface area contributed by atoms with Crippen LogP contribution in [0.25, 0.3) is 0 Å². The first-order valence-corrected chi connectivity index (χ1v) is 7.38. The summed E-state index contributed by atoms with van der Waals surface area (Å²) in [5.74, 6) is 0.0957. The average Bonchev–Trinajstić information content (AvgIpc) is 2.65. The van der Waals surface area contributed by atoms with E-state index in [0.29, 0.717) is 6.54 Å². The fraction of sp³-hybridized carbons (Fsp3) is 0.500. The summed E-state index contributed by atoms with van der Waals surface area (Å²) in [7, 11) is 0. The molecule has 0 radical (unpaired) electrons. The molecule has 1 amide bonds. The number of hydrogen-bond donors (Lipinski definition) is 1. The van der Waals surface area contributed by atoms with Gasteiger partial charge in [-0.3, -0.25) is 9.69 Å². The van der Waals surface area contributed by atoms with Crippen LogP contribution < -0.4 is 0 Å². The van der Waals surface area contributed by atoms with E-state index in [0.717, 1.165) is 42.6 Å². The normalized spacial score (nSPS) is 17.3. The smallest absolute Gasteiger partial charge is 0.253 e. The highest BCUT2D eigenvalue weighted by molar-refractivity contribution is 9.10. The number of carbonyl (C=O) groups is 1. The van der Waals surface area contributed by atoms with E-state index < -0.39 is 0 Å². The lowest BCUT2D eigenvalue weighted by molar-refractivity contribution is 0.0760. The van der Waals surface area contributed by atoms with Crippen molar-refractivity contribution in [3.05, 3.63) is 34.3 Å². The van der Waals surface area contributed by atoms with E-state index in [4.69, 9.17) is 5.11 Å². The van der Waals surface area contributed by atoms with E-state index in [1.807, 2.05) is 29.2 Å². The van der Waals surface area contributed by atoms with Crippen LogP contribution in [0.2, 0.25) is 0 Å². The molecule has 19 heavy (non-hydrogen) atoms. The van der Waals surface area contributed by atoms with Gasteiger partial charge in [-0.1, -0.05) is 15.9 Å². The summed E-state index contributed by atoms with van der Waals surface area (Å²) < 4.78 is 0.981. The maximum atomic E-state index is 12.4. The van der Waals surface area contributed by atoms with E-state index >= 15 is 0 Å². The Morgan fingerprint density at radius 2 is 1.89 bits per heavy atom. The first-order valence-electron chi connectivity index (χ1n) is 6.59. The highest BCUT2D eigenvalue weighted by atomic mass is 79.9. The van der Waals surface area contributed by atoms with Gasteiger partial charge in [0.1, 0.15) is 0 Å². The molecule has 1 fully saturated rings. The Bertz CT molecular complexity index is 422. The molecular weight excluding hydrogens is 308 g/mol. The standard InChI is InChI=1S/C14H19BrN2O2/c15-13-4-2-12(3-5-13)14(19)17-7-1-6-16(8-9-17)10-11-18/h2-5,18H,1,6-11H2. The molecule has 1 aliphatic rings. The molecule has 1 heterocycles. The minimum absolute atomic E-state index is 0.0957. The first kappa shape index (κ1) is 14.5. The molecule has 4 nitrogen and oxygen atoms in total. The Morgan fingerprint density at radius 1 is 1.16 bits per heavy atom. The van der Waals surface area contributed by atoms with E-state index in [1.54, 1.807) is 0 Å². The molecule has 1 aliphatic heterocycles. The first-order chi connectivity index (χ1) is 9.20. The molecule has 2 rings (SSSR count). The van der Waals surface area contributed by atoms with Gasteiger partial charge in [-0.05, 0) is 37.2 Å². The van der Waals surface area contributed by atoms with Crippen molar-refractivity contribution in [3.63, 3.8) is 0 Å². The van der Waals surface area contributed by atoms with E-state index in [-0.39, 0.29) is 12.5 Å². The lowest BCUT2D eigenvalue weighted by atomic mass is 10.2. The summed E-state index contributed by atoms with van der Waals surface area (Å²) in [6, 6.07) is 7.48. The molecule has 0 aliphatic carbocycles. The number of benzene rings is 1. The molecule has 0 aromatic heterocycles. The lowest BCUT2D eigenvalue weighted by Gasteiger charge is -2.21. The molecule has 104 valence electrons. The lowest BCUT2D eigenvalue weighted by Crippen LogP contribution is -2.35. The van der Waals surface area contributed by atoms with Crippen molar-refractivity contribution >= 4 is 21.8 Å². The third kappa shape index (κ3) is 4.03. The number of halogens is 1. The molecule has 0 bridgehead atoms. The summed E-state index contributed by atoms with van der Waals surface area (Å²) in [4.78, 5) is 16.5. The quantitative estimate of drug-likeness (QED) is 0.917. The van der Waals surface area contributed by atoms with Crippen molar-refractivity contribution in [1.82, 2.24) is 9.80 Å². The van der Waals surface area contributed by atoms with Crippen LogP contribution in [-0.4, -0.2) is 60.1 Å². The maximum absolute atomic E-state index is 12.4.